The van der Waals surface area contributed by atoms with Crippen molar-refractivity contribution >= 4 is 11.9 Å². The summed E-state index contributed by atoms with van der Waals surface area (Å²) >= 11 is 0. The minimum atomic E-state index is -0.501. The van der Waals surface area contributed by atoms with E-state index in [4.69, 9.17) is 4.74 Å². The van der Waals surface area contributed by atoms with Crippen molar-refractivity contribution in [3.05, 3.63) is 0 Å². The number of ketones is 1. The van der Waals surface area contributed by atoms with Crippen LogP contribution in [0, 0.1) is 0 Å². The molecule has 1 amide bonds. The maximum absolute atomic E-state index is 11.3. The van der Waals surface area contributed by atoms with Gasteiger partial charge in [-0.2, -0.15) is 0 Å². The maximum atomic E-state index is 11.3. The predicted octanol–water partition coefficient (Wildman–Crippen LogP) is 2.27. The highest BCUT2D eigenvalue weighted by atomic mass is 16.6. The van der Waals surface area contributed by atoms with Gasteiger partial charge in [0.1, 0.15) is 11.4 Å². The highest BCUT2D eigenvalue weighted by Gasteiger charge is 2.18. The summed E-state index contributed by atoms with van der Waals surface area (Å²) in [6.07, 6.45) is 0.384. The molecule has 0 aromatic heterocycles. The number of Topliss-reactive ketones (excluding diaryl/α,β-unsaturated/α-hetero) is 1. The monoisotopic (exact) mass is 215 g/mol. The minimum absolute atomic E-state index is 0.138. The number of carbonyl (C=O) groups excluding carboxylic acids is 2. The molecule has 4 heteroatoms. The van der Waals surface area contributed by atoms with Crippen molar-refractivity contribution in [2.45, 2.75) is 59.1 Å². The number of nitrogens with one attached hydrogen (secondary N) is 1. The molecule has 0 heterocycles. The molecular weight excluding hydrogens is 194 g/mol. The van der Waals surface area contributed by atoms with Gasteiger partial charge in [0.05, 0.1) is 0 Å². The van der Waals surface area contributed by atoms with E-state index in [1.807, 2.05) is 6.92 Å². The third-order valence-electron chi connectivity index (χ3n) is 1.69. The van der Waals surface area contributed by atoms with E-state index < -0.39 is 11.7 Å². The zero-order valence-corrected chi connectivity index (χ0v) is 10.2. The second kappa shape index (κ2) is 5.73. The second-order valence-electron chi connectivity index (χ2n) is 4.64. The number of hydrogen-bond acceptors (Lipinski definition) is 3. The van der Waals surface area contributed by atoms with Crippen LogP contribution in [0.25, 0.3) is 0 Å². The topological polar surface area (TPSA) is 55.4 Å². The van der Waals surface area contributed by atoms with E-state index in [-0.39, 0.29) is 11.8 Å². The number of rotatable bonds is 4. The van der Waals surface area contributed by atoms with E-state index in [2.05, 4.69) is 5.32 Å². The van der Waals surface area contributed by atoms with Gasteiger partial charge in [-0.05, 0) is 27.7 Å². The van der Waals surface area contributed by atoms with Gasteiger partial charge in [0.2, 0.25) is 0 Å². The van der Waals surface area contributed by atoms with Crippen molar-refractivity contribution in [3.8, 4) is 0 Å². The van der Waals surface area contributed by atoms with Crippen LogP contribution in [0.4, 0.5) is 4.79 Å². The molecule has 0 radical (unpaired) electrons. The van der Waals surface area contributed by atoms with Gasteiger partial charge in [-0.1, -0.05) is 6.92 Å². The molecule has 0 saturated carbocycles. The SMILES string of the molecule is CCC(=O)C[C@H](C)NC(=O)OC(C)(C)C. The molecule has 1 atom stereocenters. The smallest absolute Gasteiger partial charge is 0.407 e. The van der Waals surface area contributed by atoms with Gasteiger partial charge in [0.25, 0.3) is 0 Å². The summed E-state index contributed by atoms with van der Waals surface area (Å²) in [4.78, 5) is 22.4. The molecule has 0 unspecified atom stereocenters. The first-order valence-electron chi connectivity index (χ1n) is 5.25. The van der Waals surface area contributed by atoms with Crippen LogP contribution in [0.3, 0.4) is 0 Å². The Morgan fingerprint density at radius 1 is 1.33 bits per heavy atom. The van der Waals surface area contributed by atoms with Gasteiger partial charge >= 0.3 is 6.09 Å². The van der Waals surface area contributed by atoms with E-state index in [9.17, 15) is 9.59 Å². The Balaban J connectivity index is 3.92. The summed E-state index contributed by atoms with van der Waals surface area (Å²) < 4.78 is 5.06. The van der Waals surface area contributed by atoms with Crippen molar-refractivity contribution in [3.63, 3.8) is 0 Å². The number of ether oxygens (including phenoxy) is 1. The average Bonchev–Trinajstić information content (AvgIpc) is 1.99. The van der Waals surface area contributed by atoms with E-state index in [0.29, 0.717) is 12.8 Å². The lowest BCUT2D eigenvalue weighted by atomic mass is 10.1. The lowest BCUT2D eigenvalue weighted by Gasteiger charge is -2.21. The third-order valence-corrected chi connectivity index (χ3v) is 1.69. The van der Waals surface area contributed by atoms with Crippen molar-refractivity contribution in [1.82, 2.24) is 5.32 Å². The number of hydrogen-bond donors (Lipinski definition) is 1. The molecule has 0 spiro atoms. The van der Waals surface area contributed by atoms with Gasteiger partial charge in [-0.3, -0.25) is 4.79 Å². The van der Waals surface area contributed by atoms with Crippen molar-refractivity contribution in [1.29, 1.82) is 0 Å². The van der Waals surface area contributed by atoms with Crippen LogP contribution < -0.4 is 5.32 Å². The fourth-order valence-corrected chi connectivity index (χ4v) is 1.05. The van der Waals surface area contributed by atoms with Gasteiger partial charge in [-0.25, -0.2) is 4.79 Å². The molecular formula is C11H21NO3. The van der Waals surface area contributed by atoms with Crippen molar-refractivity contribution in [2.75, 3.05) is 0 Å². The van der Waals surface area contributed by atoms with E-state index in [1.165, 1.54) is 0 Å². The largest absolute Gasteiger partial charge is 0.444 e. The zero-order chi connectivity index (χ0) is 12.1. The number of alkyl carbamates (subject to hydrolysis) is 1. The molecule has 88 valence electrons. The Hall–Kier alpha value is -1.06. The molecule has 0 bridgehead atoms. The fourth-order valence-electron chi connectivity index (χ4n) is 1.05. The molecule has 0 saturated heterocycles. The van der Waals surface area contributed by atoms with Crippen LogP contribution in [-0.2, 0) is 9.53 Å². The van der Waals surface area contributed by atoms with E-state index >= 15 is 0 Å². The Morgan fingerprint density at radius 2 is 1.87 bits per heavy atom. The summed E-state index contributed by atoms with van der Waals surface area (Å²) in [7, 11) is 0. The highest BCUT2D eigenvalue weighted by molar-refractivity contribution is 5.79. The first-order valence-corrected chi connectivity index (χ1v) is 5.25. The lowest BCUT2D eigenvalue weighted by Crippen LogP contribution is -2.38. The number of carbonyl (C=O) groups is 2. The molecule has 4 nitrogen and oxygen atoms in total. The molecule has 0 rings (SSSR count). The summed E-state index contributed by atoms with van der Waals surface area (Å²) in [6, 6.07) is -0.174. The van der Waals surface area contributed by atoms with Crippen LogP contribution in [0.15, 0.2) is 0 Å². The average molecular weight is 215 g/mol. The van der Waals surface area contributed by atoms with Gasteiger partial charge in [0, 0.05) is 18.9 Å². The van der Waals surface area contributed by atoms with Crippen LogP contribution >= 0.6 is 0 Å². The summed E-state index contributed by atoms with van der Waals surface area (Å²) in [5.74, 6) is 0.138. The molecule has 0 aliphatic carbocycles. The molecule has 0 aliphatic heterocycles. The minimum Gasteiger partial charge on any atom is -0.444 e. The molecule has 0 fully saturated rings. The lowest BCUT2D eigenvalue weighted by molar-refractivity contribution is -0.119. The molecule has 1 N–H and O–H groups in total. The van der Waals surface area contributed by atoms with Gasteiger partial charge in [-0.15, -0.1) is 0 Å². The quantitative estimate of drug-likeness (QED) is 0.782. The fraction of sp³-hybridized carbons (Fsp3) is 0.818. The normalized spacial score (nSPS) is 13.1. The Bertz CT molecular complexity index is 230. The zero-order valence-electron chi connectivity index (χ0n) is 10.2. The van der Waals surface area contributed by atoms with Gasteiger partial charge < -0.3 is 10.1 Å². The standard InChI is InChI=1S/C11H21NO3/c1-6-9(13)7-8(2)12-10(14)15-11(3,4)5/h8H,6-7H2,1-5H3,(H,12,14)/t8-/m0/s1. The van der Waals surface area contributed by atoms with Crippen LogP contribution in [0.1, 0.15) is 47.5 Å². The summed E-state index contributed by atoms with van der Waals surface area (Å²) in [5.41, 5.74) is -0.501. The first kappa shape index (κ1) is 13.9. The molecule has 0 aromatic carbocycles. The predicted molar refractivity (Wildman–Crippen MR) is 58.7 cm³/mol. The van der Waals surface area contributed by atoms with Crippen molar-refractivity contribution < 1.29 is 14.3 Å². The number of amides is 1. The maximum Gasteiger partial charge on any atom is 0.407 e. The van der Waals surface area contributed by atoms with Crippen LogP contribution in [-0.4, -0.2) is 23.5 Å². The molecule has 15 heavy (non-hydrogen) atoms. The van der Waals surface area contributed by atoms with E-state index in [0.717, 1.165) is 0 Å². The second-order valence-corrected chi connectivity index (χ2v) is 4.64. The van der Waals surface area contributed by atoms with Crippen molar-refractivity contribution in [2.24, 2.45) is 0 Å². The summed E-state index contributed by atoms with van der Waals surface area (Å²) in [5, 5.41) is 2.62. The summed E-state index contributed by atoms with van der Waals surface area (Å²) in [6.45, 7) is 9.00. The molecule has 0 aliphatic rings. The van der Waals surface area contributed by atoms with Gasteiger partial charge in [0.15, 0.2) is 0 Å². The Labute approximate surface area is 91.4 Å². The third kappa shape index (κ3) is 7.97. The first-order chi connectivity index (χ1) is 6.74. The Morgan fingerprint density at radius 3 is 2.27 bits per heavy atom. The van der Waals surface area contributed by atoms with Crippen LogP contribution in [0.5, 0.6) is 0 Å². The highest BCUT2D eigenvalue weighted by Crippen LogP contribution is 2.07. The Kier molecular flexibility index (Phi) is 5.33. The van der Waals surface area contributed by atoms with Crippen LogP contribution in [0.2, 0.25) is 0 Å². The molecule has 0 aromatic rings. The van der Waals surface area contributed by atoms with E-state index in [1.54, 1.807) is 27.7 Å².